The van der Waals surface area contributed by atoms with E-state index >= 15 is 0 Å². The molecule has 7 unspecified atom stereocenters. The smallest absolute Gasteiger partial charge is 0.116 e. The van der Waals surface area contributed by atoms with Crippen molar-refractivity contribution in [2.24, 2.45) is 11.3 Å². The number of rotatable bonds is 2. The zero-order chi connectivity index (χ0) is 25.4. The number of hydrogen-bond donors (Lipinski definition) is 4. The van der Waals surface area contributed by atoms with Gasteiger partial charge in [0.1, 0.15) is 12.4 Å². The Morgan fingerprint density at radius 3 is 2.69 bits per heavy atom. The molecule has 1 saturated carbocycles. The Morgan fingerprint density at radius 1 is 1.11 bits per heavy atom. The Labute approximate surface area is 211 Å². The number of likely N-dealkylation sites (N-methyl/N-ethyl adjacent to an activating group) is 1. The van der Waals surface area contributed by atoms with Gasteiger partial charge in [0.15, 0.2) is 0 Å². The predicted molar refractivity (Wildman–Crippen MR) is 138 cm³/mol. The second-order valence-corrected chi connectivity index (χ2v) is 11.6. The van der Waals surface area contributed by atoms with Crippen molar-refractivity contribution in [3.05, 3.63) is 65.2 Å². The van der Waals surface area contributed by atoms with Crippen LogP contribution >= 0.6 is 0 Å². The highest BCUT2D eigenvalue weighted by atomic mass is 16.3. The maximum absolute atomic E-state index is 11.7. The first kappa shape index (κ1) is 23.9. The van der Waals surface area contributed by atoms with Crippen molar-refractivity contribution in [3.8, 4) is 0 Å². The molecule has 1 fully saturated rings. The summed E-state index contributed by atoms with van der Waals surface area (Å²) >= 11 is 0. The fourth-order valence-electron chi connectivity index (χ4n) is 7.44. The molecule has 7 nitrogen and oxygen atoms in total. The predicted octanol–water partition coefficient (Wildman–Crippen LogP) is 2.61. The molecule has 1 aromatic heterocycles. The minimum absolute atomic E-state index is 0.208. The summed E-state index contributed by atoms with van der Waals surface area (Å²) in [6, 6.07) is 5.94. The highest BCUT2D eigenvalue weighted by Gasteiger charge is 2.53. The summed E-state index contributed by atoms with van der Waals surface area (Å²) in [6.07, 6.45) is 7.53. The lowest BCUT2D eigenvalue weighted by atomic mass is 9.61. The van der Waals surface area contributed by atoms with Crippen LogP contribution in [0.25, 0.3) is 16.5 Å². The van der Waals surface area contributed by atoms with Crippen molar-refractivity contribution in [2.45, 2.75) is 69.0 Å². The second kappa shape index (κ2) is 8.30. The first-order chi connectivity index (χ1) is 17.1. The van der Waals surface area contributed by atoms with Crippen LogP contribution in [0.15, 0.2) is 59.6 Å². The molecule has 2 aromatic rings. The third-order valence-corrected chi connectivity index (χ3v) is 9.43. The maximum Gasteiger partial charge on any atom is 0.116 e. The molecule has 190 valence electrons. The van der Waals surface area contributed by atoms with Gasteiger partial charge in [-0.3, -0.25) is 0 Å². The third kappa shape index (κ3) is 3.45. The number of fused-ring (bicyclic) bond motifs is 4. The molecule has 0 amide bonds. The fraction of sp³-hybridized carbons (Fsp3) is 0.517. The number of allylic oxidation sites excluding steroid dienone is 3. The van der Waals surface area contributed by atoms with Crippen molar-refractivity contribution in [2.75, 3.05) is 14.1 Å². The largest absolute Gasteiger partial charge is 0.388 e. The highest BCUT2D eigenvalue weighted by Crippen LogP contribution is 2.60. The van der Waals surface area contributed by atoms with Gasteiger partial charge in [0, 0.05) is 23.0 Å². The Hall–Kier alpha value is -2.42. The van der Waals surface area contributed by atoms with Gasteiger partial charge in [-0.05, 0) is 80.5 Å². The number of benzene rings is 1. The van der Waals surface area contributed by atoms with Gasteiger partial charge < -0.3 is 25.3 Å². The second-order valence-electron chi connectivity index (χ2n) is 11.6. The molecule has 7 heteroatoms. The van der Waals surface area contributed by atoms with Crippen LogP contribution in [0.1, 0.15) is 44.6 Å². The van der Waals surface area contributed by atoms with E-state index in [1.165, 1.54) is 11.1 Å². The molecular weight excluding hydrogens is 454 g/mol. The van der Waals surface area contributed by atoms with Crippen LogP contribution in [-0.4, -0.2) is 79.3 Å². The molecule has 7 atom stereocenters. The van der Waals surface area contributed by atoms with E-state index in [0.29, 0.717) is 31.3 Å². The summed E-state index contributed by atoms with van der Waals surface area (Å²) < 4.78 is 0. The molecule has 0 saturated heterocycles. The van der Waals surface area contributed by atoms with E-state index in [2.05, 4.69) is 41.2 Å². The van der Waals surface area contributed by atoms with Crippen molar-refractivity contribution in [1.29, 1.82) is 0 Å². The monoisotopic (exact) mass is 489 g/mol. The quantitative estimate of drug-likeness (QED) is 0.513. The average molecular weight is 490 g/mol. The number of nitrogens with zero attached hydrogens (tertiary/aromatic N) is 3. The molecule has 1 heterocycles. The van der Waals surface area contributed by atoms with E-state index in [9.17, 15) is 20.4 Å². The van der Waals surface area contributed by atoms with Gasteiger partial charge >= 0.3 is 0 Å². The lowest BCUT2D eigenvalue weighted by molar-refractivity contribution is -0.0922. The van der Waals surface area contributed by atoms with Crippen LogP contribution in [0, 0.1) is 11.3 Å². The molecule has 6 rings (SSSR count). The Morgan fingerprint density at radius 2 is 1.92 bits per heavy atom. The van der Waals surface area contributed by atoms with Gasteiger partial charge in [-0.2, -0.15) is 0 Å². The van der Waals surface area contributed by atoms with Gasteiger partial charge in [-0.25, -0.2) is 9.97 Å². The lowest BCUT2D eigenvalue weighted by Crippen LogP contribution is -2.58. The highest BCUT2D eigenvalue weighted by molar-refractivity contribution is 5.84. The van der Waals surface area contributed by atoms with Crippen LogP contribution < -0.4 is 0 Å². The first-order valence-corrected chi connectivity index (χ1v) is 12.9. The van der Waals surface area contributed by atoms with Gasteiger partial charge in [-0.15, -0.1) is 0 Å². The van der Waals surface area contributed by atoms with Gasteiger partial charge in [-0.1, -0.05) is 36.8 Å². The molecule has 0 radical (unpaired) electrons. The Kier molecular flexibility index (Phi) is 5.52. The summed E-state index contributed by atoms with van der Waals surface area (Å²) in [5, 5.41) is 46.1. The third-order valence-electron chi connectivity index (χ3n) is 9.43. The molecule has 4 aliphatic rings. The van der Waals surface area contributed by atoms with Gasteiger partial charge in [0.25, 0.3) is 0 Å². The van der Waals surface area contributed by atoms with Crippen molar-refractivity contribution in [3.63, 3.8) is 0 Å². The van der Waals surface area contributed by atoms with Gasteiger partial charge in [0.05, 0.1) is 23.3 Å². The van der Waals surface area contributed by atoms with E-state index in [4.69, 9.17) is 0 Å². The minimum Gasteiger partial charge on any atom is -0.388 e. The molecular formula is C29H35N3O4. The van der Waals surface area contributed by atoms with Crippen LogP contribution in [0.2, 0.25) is 0 Å². The zero-order valence-electron chi connectivity index (χ0n) is 21.1. The van der Waals surface area contributed by atoms with Crippen LogP contribution in [0.4, 0.5) is 0 Å². The molecule has 1 aromatic carbocycles. The SMILES string of the molecule is CN(C)C1CC2(O)CCC3=C(C=C2C(O)C1O)C(O)CC1(C)C(c2ccc4cncnc4c2)=CCC31. The number of aliphatic hydroxyl groups excluding tert-OH is 3. The summed E-state index contributed by atoms with van der Waals surface area (Å²) in [5.41, 5.74) is 4.22. The van der Waals surface area contributed by atoms with E-state index in [1.54, 1.807) is 6.33 Å². The van der Waals surface area contributed by atoms with E-state index in [0.717, 1.165) is 28.5 Å². The first-order valence-electron chi connectivity index (χ1n) is 12.9. The van der Waals surface area contributed by atoms with Crippen LogP contribution in [-0.2, 0) is 0 Å². The topological polar surface area (TPSA) is 110 Å². The van der Waals surface area contributed by atoms with Gasteiger partial charge in [0.2, 0.25) is 0 Å². The molecule has 4 N–H and O–H groups in total. The Balaban J connectivity index is 1.38. The van der Waals surface area contributed by atoms with Crippen molar-refractivity contribution < 1.29 is 20.4 Å². The van der Waals surface area contributed by atoms with E-state index < -0.39 is 23.9 Å². The molecule has 0 spiro atoms. The summed E-state index contributed by atoms with van der Waals surface area (Å²) in [5.74, 6) is 0.208. The molecule has 4 aliphatic carbocycles. The zero-order valence-corrected chi connectivity index (χ0v) is 21.1. The lowest BCUT2D eigenvalue weighted by Gasteiger charge is -2.46. The van der Waals surface area contributed by atoms with Crippen molar-refractivity contribution in [1.82, 2.24) is 14.9 Å². The summed E-state index contributed by atoms with van der Waals surface area (Å²) in [4.78, 5) is 10.4. The van der Waals surface area contributed by atoms with Crippen LogP contribution in [0.3, 0.4) is 0 Å². The van der Waals surface area contributed by atoms with Crippen molar-refractivity contribution >= 4 is 16.5 Å². The summed E-state index contributed by atoms with van der Waals surface area (Å²) in [6.45, 7) is 2.24. The number of aromatic nitrogens is 2. The normalized spacial score (nSPS) is 38.3. The standard InChI is InChI=1S/C29H35N3O4/c1-28-13-25(33)19-11-22-26(34)27(35)24(32(2)3)12-29(22,36)9-8-18(19)21(28)7-6-20(28)16-4-5-17-14-30-15-31-23(17)10-16/h4-6,10-11,14-15,21,24-27,33-36H,7-9,12-13H2,1-3H3. The number of aliphatic hydroxyl groups is 4. The van der Waals surface area contributed by atoms with Crippen LogP contribution in [0.5, 0.6) is 0 Å². The number of hydrogen-bond acceptors (Lipinski definition) is 7. The molecule has 0 aliphatic heterocycles. The van der Waals surface area contributed by atoms with E-state index in [-0.39, 0.29) is 17.4 Å². The van der Waals surface area contributed by atoms with E-state index in [1.807, 2.05) is 31.3 Å². The minimum atomic E-state index is -1.21. The molecule has 36 heavy (non-hydrogen) atoms. The fourth-order valence-corrected chi connectivity index (χ4v) is 7.44. The average Bonchev–Trinajstić information content (AvgIpc) is 3.10. The summed E-state index contributed by atoms with van der Waals surface area (Å²) in [7, 11) is 3.72. The maximum atomic E-state index is 11.7. The Bertz CT molecular complexity index is 1320. The molecule has 0 bridgehead atoms.